The molecule has 0 radical (unpaired) electrons. The van der Waals surface area contributed by atoms with Gasteiger partial charge in [0.25, 0.3) is 12.2 Å². The van der Waals surface area contributed by atoms with Gasteiger partial charge in [-0.1, -0.05) is 18.2 Å². The van der Waals surface area contributed by atoms with Gasteiger partial charge in [0.15, 0.2) is 0 Å². The predicted molar refractivity (Wildman–Crippen MR) is 46.4 cm³/mol. The smallest absolute Gasteiger partial charge is 0.359 e. The highest BCUT2D eigenvalue weighted by atomic mass is 19.1. The van der Waals surface area contributed by atoms with Gasteiger partial charge in [-0.15, -0.1) is 0 Å². The summed E-state index contributed by atoms with van der Waals surface area (Å²) in [5, 5.41) is 9.88. The molecule has 1 amide bonds. The molecule has 0 saturated heterocycles. The van der Waals surface area contributed by atoms with Crippen molar-refractivity contribution in [2.45, 2.75) is 6.30 Å². The Bertz CT molecular complexity index is 339. The molecule has 0 saturated carbocycles. The van der Waals surface area contributed by atoms with Crippen LogP contribution in [0.4, 0.5) is 4.39 Å². The average molecular weight is 197 g/mol. The summed E-state index contributed by atoms with van der Waals surface area (Å²) in [5.41, 5.74) is 0.219. The largest absolute Gasteiger partial charge is 0.478 e. The predicted octanol–water partition coefficient (Wildman–Crippen LogP) is 0.797. The summed E-state index contributed by atoms with van der Waals surface area (Å²) >= 11 is 0. The van der Waals surface area contributed by atoms with Crippen LogP contribution >= 0.6 is 0 Å². The van der Waals surface area contributed by atoms with Crippen molar-refractivity contribution in [2.24, 2.45) is 0 Å². The van der Waals surface area contributed by atoms with Crippen LogP contribution in [-0.4, -0.2) is 23.3 Å². The lowest BCUT2D eigenvalue weighted by molar-refractivity contribution is -0.143. The van der Waals surface area contributed by atoms with E-state index >= 15 is 0 Å². The van der Waals surface area contributed by atoms with Crippen LogP contribution in [0.25, 0.3) is 0 Å². The first-order valence-corrected chi connectivity index (χ1v) is 3.84. The van der Waals surface area contributed by atoms with Gasteiger partial charge in [-0.25, -0.2) is 9.18 Å². The molecule has 14 heavy (non-hydrogen) atoms. The van der Waals surface area contributed by atoms with Crippen molar-refractivity contribution in [1.82, 2.24) is 5.32 Å². The van der Waals surface area contributed by atoms with Crippen LogP contribution in [0.1, 0.15) is 10.4 Å². The molecule has 74 valence electrons. The van der Waals surface area contributed by atoms with Crippen LogP contribution in [0.3, 0.4) is 0 Å². The summed E-state index contributed by atoms with van der Waals surface area (Å²) in [6.45, 7) is 0. The first kappa shape index (κ1) is 10.2. The highest BCUT2D eigenvalue weighted by Crippen LogP contribution is 1.99. The molecule has 0 aliphatic rings. The first-order chi connectivity index (χ1) is 6.61. The summed E-state index contributed by atoms with van der Waals surface area (Å²) in [7, 11) is 0. The number of carbonyl (C=O) groups is 2. The van der Waals surface area contributed by atoms with Crippen molar-refractivity contribution in [2.75, 3.05) is 0 Å². The Morgan fingerprint density at radius 3 is 2.36 bits per heavy atom. The summed E-state index contributed by atoms with van der Waals surface area (Å²) in [5.74, 6) is -2.46. The Kier molecular flexibility index (Phi) is 3.17. The molecule has 1 aromatic carbocycles. The Labute approximate surface area is 79.4 Å². The van der Waals surface area contributed by atoms with E-state index in [2.05, 4.69) is 0 Å². The standard InChI is InChI=1S/C9H8FNO3/c10-7(9(13)14)11-8(12)6-4-2-1-3-5-6/h1-5,7H,(H,11,12)(H,13,14). The van der Waals surface area contributed by atoms with Crippen molar-refractivity contribution in [3.63, 3.8) is 0 Å². The lowest BCUT2D eigenvalue weighted by atomic mass is 10.2. The zero-order valence-corrected chi connectivity index (χ0v) is 7.11. The van der Waals surface area contributed by atoms with Gasteiger partial charge in [-0.3, -0.25) is 4.79 Å². The molecule has 1 unspecified atom stereocenters. The molecule has 0 aromatic heterocycles. The fourth-order valence-electron chi connectivity index (χ4n) is 0.850. The minimum absolute atomic E-state index is 0.219. The molecule has 0 aliphatic heterocycles. The maximum atomic E-state index is 12.5. The number of carboxylic acid groups (broad SMARTS) is 1. The number of hydrogen-bond acceptors (Lipinski definition) is 2. The lowest BCUT2D eigenvalue weighted by Gasteiger charge is -2.05. The topological polar surface area (TPSA) is 66.4 Å². The lowest BCUT2D eigenvalue weighted by Crippen LogP contribution is -2.37. The Hall–Kier alpha value is -1.91. The fraction of sp³-hybridized carbons (Fsp3) is 0.111. The highest BCUT2D eigenvalue weighted by molar-refractivity contribution is 5.96. The molecule has 5 heteroatoms. The van der Waals surface area contributed by atoms with Crippen LogP contribution in [0.15, 0.2) is 30.3 Å². The Balaban J connectivity index is 2.64. The SMILES string of the molecule is O=C(NC(F)C(=O)O)c1ccccc1. The van der Waals surface area contributed by atoms with E-state index in [0.717, 1.165) is 0 Å². The number of rotatable bonds is 3. The number of aliphatic carboxylic acids is 1. The minimum Gasteiger partial charge on any atom is -0.478 e. The number of benzene rings is 1. The highest BCUT2D eigenvalue weighted by Gasteiger charge is 2.18. The number of carbonyl (C=O) groups excluding carboxylic acids is 1. The van der Waals surface area contributed by atoms with Gasteiger partial charge in [-0.05, 0) is 12.1 Å². The third-order valence-corrected chi connectivity index (χ3v) is 1.51. The normalized spacial score (nSPS) is 11.8. The van der Waals surface area contributed by atoms with Crippen LogP contribution < -0.4 is 5.32 Å². The van der Waals surface area contributed by atoms with Gasteiger partial charge in [0, 0.05) is 5.56 Å². The molecule has 0 aliphatic carbocycles. The van der Waals surface area contributed by atoms with Gasteiger partial charge >= 0.3 is 5.97 Å². The van der Waals surface area contributed by atoms with Gasteiger partial charge in [0.2, 0.25) is 0 Å². The Morgan fingerprint density at radius 2 is 1.86 bits per heavy atom. The van der Waals surface area contributed by atoms with Crippen molar-refractivity contribution in [3.8, 4) is 0 Å². The van der Waals surface area contributed by atoms with E-state index in [1.165, 1.54) is 12.1 Å². The second-order valence-corrected chi connectivity index (χ2v) is 2.54. The number of carboxylic acids is 1. The van der Waals surface area contributed by atoms with E-state index in [4.69, 9.17) is 5.11 Å². The fourth-order valence-corrected chi connectivity index (χ4v) is 0.850. The molecule has 0 heterocycles. The molecule has 4 nitrogen and oxygen atoms in total. The molecule has 1 rings (SSSR count). The van der Waals surface area contributed by atoms with E-state index in [1.54, 1.807) is 23.5 Å². The van der Waals surface area contributed by atoms with E-state index in [1.807, 2.05) is 0 Å². The second-order valence-electron chi connectivity index (χ2n) is 2.54. The van der Waals surface area contributed by atoms with Gasteiger partial charge in [0.1, 0.15) is 0 Å². The summed E-state index contributed by atoms with van der Waals surface area (Å²) in [4.78, 5) is 21.2. The van der Waals surface area contributed by atoms with Crippen LogP contribution in [0.5, 0.6) is 0 Å². The molecule has 0 fully saturated rings. The zero-order chi connectivity index (χ0) is 10.6. The maximum absolute atomic E-state index is 12.5. The number of amides is 1. The monoisotopic (exact) mass is 197 g/mol. The van der Waals surface area contributed by atoms with E-state index < -0.39 is 18.2 Å². The molecule has 1 aromatic rings. The summed E-state index contributed by atoms with van der Waals surface area (Å²) in [6, 6.07) is 7.82. The Morgan fingerprint density at radius 1 is 1.29 bits per heavy atom. The molecule has 1 atom stereocenters. The van der Waals surface area contributed by atoms with Gasteiger partial charge in [0.05, 0.1) is 0 Å². The zero-order valence-electron chi connectivity index (χ0n) is 7.11. The van der Waals surface area contributed by atoms with Crippen molar-refractivity contribution in [1.29, 1.82) is 0 Å². The van der Waals surface area contributed by atoms with Crippen molar-refractivity contribution >= 4 is 11.9 Å². The first-order valence-electron chi connectivity index (χ1n) is 3.84. The van der Waals surface area contributed by atoms with E-state index in [9.17, 15) is 14.0 Å². The van der Waals surface area contributed by atoms with Crippen LogP contribution in [0, 0.1) is 0 Å². The molecular weight excluding hydrogens is 189 g/mol. The van der Waals surface area contributed by atoms with Crippen molar-refractivity contribution < 1.29 is 19.1 Å². The van der Waals surface area contributed by atoms with Gasteiger partial charge < -0.3 is 10.4 Å². The minimum atomic E-state index is -2.37. The van der Waals surface area contributed by atoms with E-state index in [0.29, 0.717) is 0 Å². The van der Waals surface area contributed by atoms with Crippen molar-refractivity contribution in [3.05, 3.63) is 35.9 Å². The van der Waals surface area contributed by atoms with Gasteiger partial charge in [-0.2, -0.15) is 0 Å². The van der Waals surface area contributed by atoms with Crippen LogP contribution in [-0.2, 0) is 4.79 Å². The average Bonchev–Trinajstić information content (AvgIpc) is 2.19. The number of hydrogen-bond donors (Lipinski definition) is 2. The quantitative estimate of drug-likeness (QED) is 0.704. The maximum Gasteiger partial charge on any atom is 0.359 e. The summed E-state index contributed by atoms with van der Waals surface area (Å²) in [6.07, 6.45) is -2.37. The van der Waals surface area contributed by atoms with E-state index in [-0.39, 0.29) is 5.56 Å². The van der Waals surface area contributed by atoms with Crippen LogP contribution in [0.2, 0.25) is 0 Å². The molecule has 0 spiro atoms. The molecule has 2 N–H and O–H groups in total. The second kappa shape index (κ2) is 4.36. The number of alkyl halides is 1. The third kappa shape index (κ3) is 2.55. The number of halogens is 1. The molecule has 0 bridgehead atoms. The number of nitrogens with one attached hydrogen (secondary N) is 1. The summed E-state index contributed by atoms with van der Waals surface area (Å²) < 4.78 is 12.5. The third-order valence-electron chi connectivity index (χ3n) is 1.51. The molecular formula is C9H8FNO3.